The number of aliphatic hydroxyl groups excluding tert-OH is 1. The number of esters is 1. The van der Waals surface area contributed by atoms with Crippen LogP contribution in [0.5, 0.6) is 5.75 Å². The maximum atomic E-state index is 11.1. The minimum Gasteiger partial charge on any atom is -0.427 e. The van der Waals surface area contributed by atoms with Gasteiger partial charge in [-0.2, -0.15) is 0 Å². The number of aliphatic hydroxyl groups is 1. The van der Waals surface area contributed by atoms with Crippen LogP contribution in [0, 0.1) is 0 Å². The molecule has 0 amide bonds. The van der Waals surface area contributed by atoms with Crippen LogP contribution in [0.25, 0.3) is 0 Å². The van der Waals surface area contributed by atoms with Crippen molar-refractivity contribution in [3.8, 4) is 5.75 Å². The smallest absolute Gasteiger partial charge is 0.311 e. The number of benzene rings is 1. The minimum absolute atomic E-state index is 0.0425. The van der Waals surface area contributed by atoms with E-state index in [1.54, 1.807) is 24.3 Å². The van der Waals surface area contributed by atoms with Gasteiger partial charge >= 0.3 is 5.97 Å². The first kappa shape index (κ1) is 10.7. The van der Waals surface area contributed by atoms with Crippen molar-refractivity contribution in [3.05, 3.63) is 29.8 Å². The van der Waals surface area contributed by atoms with Crippen LogP contribution in [0.2, 0.25) is 0 Å². The molecular formula is C11H14O3. The van der Waals surface area contributed by atoms with E-state index in [-0.39, 0.29) is 12.6 Å². The summed E-state index contributed by atoms with van der Waals surface area (Å²) >= 11 is 0. The number of carbonyl (C=O) groups excluding carboxylic acids is 1. The third-order valence-corrected chi connectivity index (χ3v) is 1.77. The molecule has 0 heterocycles. The molecule has 1 rings (SSSR count). The lowest BCUT2D eigenvalue weighted by Gasteiger charge is -2.04. The standard InChI is InChI=1S/C11H14O3/c1-2-4-11(13)14-10-6-3-5-9(7-10)8-12/h3,5-7,12H,2,4,8H2,1H3. The Labute approximate surface area is 83.3 Å². The predicted octanol–water partition coefficient (Wildman–Crippen LogP) is 1.88. The number of rotatable bonds is 4. The average Bonchev–Trinajstić information content (AvgIpc) is 2.18. The van der Waals surface area contributed by atoms with Crippen molar-refractivity contribution >= 4 is 5.97 Å². The molecule has 14 heavy (non-hydrogen) atoms. The first-order valence-corrected chi connectivity index (χ1v) is 4.66. The average molecular weight is 194 g/mol. The largest absolute Gasteiger partial charge is 0.427 e. The molecule has 0 spiro atoms. The van der Waals surface area contributed by atoms with E-state index in [0.29, 0.717) is 12.2 Å². The van der Waals surface area contributed by atoms with Gasteiger partial charge in [0.05, 0.1) is 6.61 Å². The van der Waals surface area contributed by atoms with Crippen molar-refractivity contribution in [1.82, 2.24) is 0 Å². The number of carbonyl (C=O) groups is 1. The van der Waals surface area contributed by atoms with Crippen LogP contribution in [0.15, 0.2) is 24.3 Å². The van der Waals surface area contributed by atoms with Crippen LogP contribution >= 0.6 is 0 Å². The molecule has 1 aromatic carbocycles. The van der Waals surface area contributed by atoms with Crippen LogP contribution in [-0.4, -0.2) is 11.1 Å². The van der Waals surface area contributed by atoms with Crippen LogP contribution in [0.3, 0.4) is 0 Å². The summed E-state index contributed by atoms with van der Waals surface area (Å²) in [5, 5.41) is 8.86. The Balaban J connectivity index is 2.62. The van der Waals surface area contributed by atoms with E-state index in [1.165, 1.54) is 0 Å². The van der Waals surface area contributed by atoms with Crippen molar-refractivity contribution in [2.24, 2.45) is 0 Å². The first-order valence-electron chi connectivity index (χ1n) is 4.66. The van der Waals surface area contributed by atoms with Crippen LogP contribution in [-0.2, 0) is 11.4 Å². The fraction of sp³-hybridized carbons (Fsp3) is 0.364. The van der Waals surface area contributed by atoms with Gasteiger partial charge in [-0.1, -0.05) is 19.1 Å². The molecule has 76 valence electrons. The van der Waals surface area contributed by atoms with Gasteiger partial charge in [0.1, 0.15) is 5.75 Å². The molecule has 1 N–H and O–H groups in total. The van der Waals surface area contributed by atoms with Crippen molar-refractivity contribution in [2.75, 3.05) is 0 Å². The molecule has 0 aliphatic heterocycles. The quantitative estimate of drug-likeness (QED) is 0.588. The summed E-state index contributed by atoms with van der Waals surface area (Å²) in [7, 11) is 0. The Hall–Kier alpha value is -1.35. The zero-order valence-corrected chi connectivity index (χ0v) is 8.19. The maximum absolute atomic E-state index is 11.1. The fourth-order valence-electron chi connectivity index (χ4n) is 1.09. The molecular weight excluding hydrogens is 180 g/mol. The molecule has 0 aliphatic carbocycles. The monoisotopic (exact) mass is 194 g/mol. The maximum Gasteiger partial charge on any atom is 0.311 e. The summed E-state index contributed by atoms with van der Waals surface area (Å²) < 4.78 is 5.05. The van der Waals surface area contributed by atoms with E-state index >= 15 is 0 Å². The SMILES string of the molecule is CCCC(=O)Oc1cccc(CO)c1. The molecule has 0 aliphatic rings. The van der Waals surface area contributed by atoms with E-state index in [2.05, 4.69) is 0 Å². The molecule has 3 nitrogen and oxygen atoms in total. The molecule has 0 radical (unpaired) electrons. The summed E-state index contributed by atoms with van der Waals surface area (Å²) in [4.78, 5) is 11.1. The Morgan fingerprint density at radius 1 is 1.50 bits per heavy atom. The molecule has 0 aromatic heterocycles. The molecule has 3 heteroatoms. The number of ether oxygens (including phenoxy) is 1. The highest BCUT2D eigenvalue weighted by Crippen LogP contribution is 2.14. The predicted molar refractivity (Wildman–Crippen MR) is 52.9 cm³/mol. The second-order valence-corrected chi connectivity index (χ2v) is 3.03. The Morgan fingerprint density at radius 2 is 2.29 bits per heavy atom. The van der Waals surface area contributed by atoms with Gasteiger partial charge in [-0.05, 0) is 24.1 Å². The fourth-order valence-corrected chi connectivity index (χ4v) is 1.09. The third kappa shape index (κ3) is 3.18. The second kappa shape index (κ2) is 5.40. The molecule has 0 unspecified atom stereocenters. The zero-order valence-electron chi connectivity index (χ0n) is 8.19. The van der Waals surface area contributed by atoms with Gasteiger partial charge in [0.2, 0.25) is 0 Å². The van der Waals surface area contributed by atoms with E-state index < -0.39 is 0 Å². The summed E-state index contributed by atoms with van der Waals surface area (Å²) in [6.45, 7) is 1.88. The van der Waals surface area contributed by atoms with Crippen molar-refractivity contribution in [1.29, 1.82) is 0 Å². The van der Waals surface area contributed by atoms with Crippen LogP contribution in [0.1, 0.15) is 25.3 Å². The summed E-state index contributed by atoms with van der Waals surface area (Å²) in [5.74, 6) is 0.262. The van der Waals surface area contributed by atoms with Gasteiger partial charge in [0, 0.05) is 6.42 Å². The summed E-state index contributed by atoms with van der Waals surface area (Å²) in [5.41, 5.74) is 0.742. The van der Waals surface area contributed by atoms with Gasteiger partial charge in [-0.15, -0.1) is 0 Å². The Kier molecular flexibility index (Phi) is 4.13. The molecule has 0 saturated heterocycles. The Morgan fingerprint density at radius 3 is 2.93 bits per heavy atom. The highest BCUT2D eigenvalue weighted by atomic mass is 16.5. The van der Waals surface area contributed by atoms with Crippen molar-refractivity contribution in [2.45, 2.75) is 26.4 Å². The summed E-state index contributed by atoms with van der Waals surface area (Å²) in [6, 6.07) is 6.89. The van der Waals surface area contributed by atoms with Crippen LogP contribution < -0.4 is 4.74 Å². The van der Waals surface area contributed by atoms with Crippen molar-refractivity contribution < 1.29 is 14.6 Å². The topological polar surface area (TPSA) is 46.5 Å². The Bertz CT molecular complexity index is 307. The zero-order chi connectivity index (χ0) is 10.4. The van der Waals surface area contributed by atoms with Gasteiger partial charge in [-0.25, -0.2) is 0 Å². The minimum atomic E-state index is -0.234. The summed E-state index contributed by atoms with van der Waals surface area (Å²) in [6.07, 6.45) is 1.20. The van der Waals surface area contributed by atoms with Gasteiger partial charge in [0.25, 0.3) is 0 Å². The van der Waals surface area contributed by atoms with E-state index in [4.69, 9.17) is 9.84 Å². The second-order valence-electron chi connectivity index (χ2n) is 3.03. The highest BCUT2D eigenvalue weighted by Gasteiger charge is 2.03. The third-order valence-electron chi connectivity index (χ3n) is 1.77. The van der Waals surface area contributed by atoms with Crippen LogP contribution in [0.4, 0.5) is 0 Å². The molecule has 0 saturated carbocycles. The number of hydrogen-bond donors (Lipinski definition) is 1. The highest BCUT2D eigenvalue weighted by molar-refractivity contribution is 5.72. The molecule has 0 atom stereocenters. The molecule has 0 bridgehead atoms. The van der Waals surface area contributed by atoms with E-state index in [9.17, 15) is 4.79 Å². The first-order chi connectivity index (χ1) is 6.76. The van der Waals surface area contributed by atoms with E-state index in [0.717, 1.165) is 12.0 Å². The number of hydrogen-bond acceptors (Lipinski definition) is 3. The van der Waals surface area contributed by atoms with Gasteiger partial charge in [-0.3, -0.25) is 4.79 Å². The lowest BCUT2D eigenvalue weighted by atomic mass is 10.2. The normalized spacial score (nSPS) is 9.86. The van der Waals surface area contributed by atoms with E-state index in [1.807, 2.05) is 6.92 Å². The molecule has 1 aromatic rings. The van der Waals surface area contributed by atoms with Crippen molar-refractivity contribution in [3.63, 3.8) is 0 Å². The molecule has 0 fully saturated rings. The lowest BCUT2D eigenvalue weighted by Crippen LogP contribution is -2.06. The van der Waals surface area contributed by atoms with Gasteiger partial charge < -0.3 is 9.84 Å². The van der Waals surface area contributed by atoms with Gasteiger partial charge in [0.15, 0.2) is 0 Å². The lowest BCUT2D eigenvalue weighted by molar-refractivity contribution is -0.134.